The third kappa shape index (κ3) is 7.63. The fraction of sp³-hybridized carbons (Fsp3) is 0.360. The summed E-state index contributed by atoms with van der Waals surface area (Å²) in [7, 11) is -3.41. The van der Waals surface area contributed by atoms with Crippen LogP contribution >= 0.6 is 11.6 Å². The van der Waals surface area contributed by atoms with Crippen LogP contribution < -0.4 is 10.5 Å². The van der Waals surface area contributed by atoms with E-state index in [0.29, 0.717) is 17.5 Å². The van der Waals surface area contributed by atoms with Gasteiger partial charge in [-0.3, -0.25) is 4.90 Å². The Labute approximate surface area is 211 Å². The van der Waals surface area contributed by atoms with Gasteiger partial charge in [0.05, 0.1) is 16.5 Å². The molecule has 3 aromatic rings. The van der Waals surface area contributed by atoms with E-state index in [1.165, 1.54) is 5.56 Å². The Morgan fingerprint density at radius 2 is 1.91 bits per heavy atom. The summed E-state index contributed by atoms with van der Waals surface area (Å²) < 4.78 is 22.7. The number of aromatic hydroxyl groups is 1. The highest BCUT2D eigenvalue weighted by atomic mass is 35.5. The number of halogens is 1. The molecule has 0 amide bonds. The number of anilines is 1. The van der Waals surface area contributed by atoms with Crippen LogP contribution in [0.25, 0.3) is 11.3 Å². The summed E-state index contributed by atoms with van der Waals surface area (Å²) >= 11 is 5.98. The number of hydrogen-bond donors (Lipinski definition) is 3. The topological polar surface area (TPSA) is 121 Å². The summed E-state index contributed by atoms with van der Waals surface area (Å²) in [4.78, 5) is 11.3. The van der Waals surface area contributed by atoms with Crippen molar-refractivity contribution >= 4 is 27.6 Å². The van der Waals surface area contributed by atoms with E-state index in [2.05, 4.69) is 32.3 Å². The lowest BCUT2D eigenvalue weighted by atomic mass is 9.98. The molecule has 2 aromatic carbocycles. The maximum absolute atomic E-state index is 11.4. The normalized spacial score (nSPS) is 15.3. The van der Waals surface area contributed by atoms with Gasteiger partial charge >= 0.3 is 0 Å². The Morgan fingerprint density at radius 3 is 2.66 bits per heavy atom. The van der Waals surface area contributed by atoms with Crippen LogP contribution in [0, 0.1) is 5.92 Å². The van der Waals surface area contributed by atoms with Gasteiger partial charge in [-0.1, -0.05) is 35.9 Å². The average Bonchev–Trinajstić information content (AvgIpc) is 2.82. The second kappa shape index (κ2) is 11.3. The number of nitrogens with zero attached hydrogens (tertiary/aromatic N) is 3. The molecule has 0 bridgehead atoms. The van der Waals surface area contributed by atoms with Crippen molar-refractivity contribution in [3.8, 4) is 17.0 Å². The molecule has 1 saturated heterocycles. The van der Waals surface area contributed by atoms with Crippen LogP contribution in [0.15, 0.2) is 54.7 Å². The molecule has 4 N–H and O–H groups in total. The van der Waals surface area contributed by atoms with Gasteiger partial charge in [0.15, 0.2) is 0 Å². The van der Waals surface area contributed by atoms with Crippen molar-refractivity contribution in [1.29, 1.82) is 0 Å². The van der Waals surface area contributed by atoms with E-state index in [1.807, 2.05) is 24.3 Å². The molecule has 0 atom stereocenters. The Kier molecular flexibility index (Phi) is 8.22. The second-order valence-electron chi connectivity index (χ2n) is 8.98. The number of phenolic OH excluding ortho intramolecular Hbond substituents is 1. The SMILES string of the molecule is NS(=O)(=O)CC1CCN(Cc2cccc(-c3ccnc(NCCc4ccc(O)c(Cl)c4)n3)c2)CC1. The molecule has 8 nitrogen and oxygen atoms in total. The van der Waals surface area contributed by atoms with Crippen molar-refractivity contribution in [2.45, 2.75) is 25.8 Å². The lowest BCUT2D eigenvalue weighted by Gasteiger charge is -2.31. The summed E-state index contributed by atoms with van der Waals surface area (Å²) in [5.41, 5.74) is 4.05. The number of hydrogen-bond acceptors (Lipinski definition) is 7. The second-order valence-corrected chi connectivity index (χ2v) is 11.0. The molecule has 4 rings (SSSR count). The van der Waals surface area contributed by atoms with Crippen molar-refractivity contribution in [1.82, 2.24) is 14.9 Å². The average molecular weight is 516 g/mol. The number of likely N-dealkylation sites (tertiary alicyclic amines) is 1. The summed E-state index contributed by atoms with van der Waals surface area (Å²) in [6, 6.07) is 15.4. The molecule has 10 heteroatoms. The molecule has 1 aliphatic rings. The number of rotatable bonds is 9. The van der Waals surface area contributed by atoms with E-state index < -0.39 is 10.0 Å². The predicted octanol–water partition coefficient (Wildman–Crippen LogP) is 3.66. The number of piperidine rings is 1. The zero-order valence-corrected chi connectivity index (χ0v) is 21.0. The lowest BCUT2D eigenvalue weighted by molar-refractivity contribution is 0.186. The van der Waals surface area contributed by atoms with Crippen LogP contribution in [-0.4, -0.2) is 53.8 Å². The van der Waals surface area contributed by atoms with E-state index in [4.69, 9.17) is 16.7 Å². The Bertz CT molecular complexity index is 1260. The number of primary sulfonamides is 1. The predicted molar refractivity (Wildman–Crippen MR) is 139 cm³/mol. The van der Waals surface area contributed by atoms with Gasteiger partial charge < -0.3 is 10.4 Å². The van der Waals surface area contributed by atoms with Crippen molar-refractivity contribution in [3.05, 3.63) is 70.9 Å². The minimum atomic E-state index is -3.41. The highest BCUT2D eigenvalue weighted by Gasteiger charge is 2.22. The van der Waals surface area contributed by atoms with Crippen LogP contribution in [0.5, 0.6) is 5.75 Å². The maximum atomic E-state index is 11.4. The molecule has 0 aliphatic carbocycles. The number of aromatic nitrogens is 2. The molecular formula is C25H30ClN5O3S. The first-order valence-corrected chi connectivity index (χ1v) is 13.7. The van der Waals surface area contributed by atoms with Crippen LogP contribution in [0.2, 0.25) is 5.02 Å². The van der Waals surface area contributed by atoms with E-state index in [1.54, 1.807) is 18.3 Å². The molecule has 0 saturated carbocycles. The lowest BCUT2D eigenvalue weighted by Crippen LogP contribution is -2.36. The number of sulfonamides is 1. The smallest absolute Gasteiger partial charge is 0.223 e. The summed E-state index contributed by atoms with van der Waals surface area (Å²) in [5, 5.41) is 18.3. The van der Waals surface area contributed by atoms with Crippen LogP contribution in [0.3, 0.4) is 0 Å². The van der Waals surface area contributed by atoms with Crippen molar-refractivity contribution in [2.24, 2.45) is 11.1 Å². The van der Waals surface area contributed by atoms with Gasteiger partial charge in [0.1, 0.15) is 5.75 Å². The number of nitrogens with one attached hydrogen (secondary N) is 1. The monoisotopic (exact) mass is 515 g/mol. The van der Waals surface area contributed by atoms with E-state index in [0.717, 1.165) is 55.7 Å². The van der Waals surface area contributed by atoms with E-state index >= 15 is 0 Å². The minimum Gasteiger partial charge on any atom is -0.506 e. The molecule has 0 spiro atoms. The quantitative estimate of drug-likeness (QED) is 0.397. The zero-order valence-electron chi connectivity index (χ0n) is 19.4. The summed E-state index contributed by atoms with van der Waals surface area (Å²) in [5.74, 6) is 0.844. The third-order valence-electron chi connectivity index (χ3n) is 6.17. The van der Waals surface area contributed by atoms with Crippen molar-refractivity contribution in [2.75, 3.05) is 30.7 Å². The van der Waals surface area contributed by atoms with Gasteiger partial charge in [0.2, 0.25) is 16.0 Å². The minimum absolute atomic E-state index is 0.0725. The van der Waals surface area contributed by atoms with E-state index in [9.17, 15) is 13.5 Å². The van der Waals surface area contributed by atoms with Gasteiger partial charge in [-0.2, -0.15) is 0 Å². The number of phenols is 1. The molecule has 186 valence electrons. The zero-order chi connectivity index (χ0) is 24.8. The molecule has 1 fully saturated rings. The number of benzene rings is 2. The van der Waals surface area contributed by atoms with Gasteiger partial charge in [-0.15, -0.1) is 0 Å². The fourth-order valence-electron chi connectivity index (χ4n) is 4.36. The molecular weight excluding hydrogens is 486 g/mol. The Hall–Kier alpha value is -2.72. The highest BCUT2D eigenvalue weighted by molar-refractivity contribution is 7.89. The van der Waals surface area contributed by atoms with Crippen molar-refractivity contribution < 1.29 is 13.5 Å². The Balaban J connectivity index is 1.33. The molecule has 1 aliphatic heterocycles. The largest absolute Gasteiger partial charge is 0.506 e. The maximum Gasteiger partial charge on any atom is 0.223 e. The molecule has 0 unspecified atom stereocenters. The van der Waals surface area contributed by atoms with Gasteiger partial charge in [-0.25, -0.2) is 23.5 Å². The molecule has 0 radical (unpaired) electrons. The van der Waals surface area contributed by atoms with Crippen molar-refractivity contribution in [3.63, 3.8) is 0 Å². The van der Waals surface area contributed by atoms with Crippen LogP contribution in [0.1, 0.15) is 24.0 Å². The van der Waals surface area contributed by atoms with Gasteiger partial charge in [0, 0.05) is 24.8 Å². The standard InChI is InChI=1S/C25H30ClN5O3S/c26-22-15-18(4-5-24(22)32)6-10-28-25-29-11-7-23(30-25)21-3-1-2-20(14-21)16-31-12-8-19(9-13-31)17-35(27,33)34/h1-5,7,11,14-15,19,32H,6,8-10,12-13,16-17H2,(H2,27,33,34)(H,28,29,30). The Morgan fingerprint density at radius 1 is 1.11 bits per heavy atom. The van der Waals surface area contributed by atoms with E-state index in [-0.39, 0.29) is 17.4 Å². The first-order chi connectivity index (χ1) is 16.7. The molecule has 2 heterocycles. The van der Waals surface area contributed by atoms with Gasteiger partial charge in [-0.05, 0) is 73.7 Å². The molecule has 1 aromatic heterocycles. The van der Waals surface area contributed by atoms with Crippen LogP contribution in [-0.2, 0) is 23.0 Å². The first kappa shape index (κ1) is 25.4. The molecule has 35 heavy (non-hydrogen) atoms. The fourth-order valence-corrected chi connectivity index (χ4v) is 5.55. The van der Waals surface area contributed by atoms with Crippen LogP contribution in [0.4, 0.5) is 5.95 Å². The number of nitrogens with two attached hydrogens (primary N) is 1. The summed E-state index contributed by atoms with van der Waals surface area (Å²) in [6.45, 7) is 3.16. The third-order valence-corrected chi connectivity index (χ3v) is 7.41. The highest BCUT2D eigenvalue weighted by Crippen LogP contribution is 2.25. The first-order valence-electron chi connectivity index (χ1n) is 11.6. The van der Waals surface area contributed by atoms with Gasteiger partial charge in [0.25, 0.3) is 0 Å². The summed E-state index contributed by atoms with van der Waals surface area (Å²) in [6.07, 6.45) is 4.14.